The van der Waals surface area contributed by atoms with Crippen LogP contribution in [0.5, 0.6) is 0 Å². The lowest BCUT2D eigenvalue weighted by Crippen LogP contribution is -2.33. The second-order valence-corrected chi connectivity index (χ2v) is 12.9. The zero-order valence-corrected chi connectivity index (χ0v) is 20.6. The molecular weight excluding hydrogens is 547 g/mol. The molecule has 0 aliphatic carbocycles. The number of aromatic amines is 1. The van der Waals surface area contributed by atoms with Gasteiger partial charge in [0.2, 0.25) is 0 Å². The van der Waals surface area contributed by atoms with Gasteiger partial charge in [-0.15, -0.1) is 0 Å². The number of H-pyrrole nitrogens is 1. The predicted molar refractivity (Wildman–Crippen MR) is 113 cm³/mol. The minimum absolute atomic E-state index is 0.125. The van der Waals surface area contributed by atoms with Gasteiger partial charge in [-0.05, 0) is 12.5 Å². The molecule has 1 aliphatic heterocycles. The Balaban J connectivity index is 2.19. The maximum absolute atomic E-state index is 14.1. The fourth-order valence-electron chi connectivity index (χ4n) is 2.88. The van der Waals surface area contributed by atoms with Gasteiger partial charge in [-0.3, -0.25) is 28.0 Å². The van der Waals surface area contributed by atoms with Crippen LogP contribution in [0.4, 0.5) is 8.78 Å². The van der Waals surface area contributed by atoms with Crippen molar-refractivity contribution in [2.75, 3.05) is 13.2 Å². The summed E-state index contributed by atoms with van der Waals surface area (Å²) in [5, 5.41) is -0.591. The first-order valence-corrected chi connectivity index (χ1v) is 14.2. The van der Waals surface area contributed by atoms with E-state index in [9.17, 15) is 46.7 Å². The highest BCUT2D eigenvalue weighted by molar-refractivity contribution is 7.77. The van der Waals surface area contributed by atoms with Crippen LogP contribution in [0.2, 0.25) is 0 Å². The molecule has 198 valence electrons. The zero-order valence-electron chi connectivity index (χ0n) is 17.9. The number of hydrogen-bond donors (Lipinski definition) is 5. The van der Waals surface area contributed by atoms with Gasteiger partial charge in [0, 0.05) is 29.6 Å². The number of halogens is 2. The number of hydrogen-bond acceptors (Lipinski definition) is 9. The van der Waals surface area contributed by atoms with Crippen LogP contribution in [0.3, 0.4) is 0 Å². The standard InChI is InChI=1S/C13H21F2N6O11P3/c1-3-17-33(24,25)13(14,15)34(26,27)32-35(28,29)30-6-9-8(19-20-16)4-10(31-9)21-5-7(2)11(22)18-12(21)23/h5,8-10H,3-4,6H2,1-2H3,(H,26,27)(H,28,29)(H2,17,24,25)(H,18,22,23)/t8?,9-,10-/m0/s1. The fraction of sp³-hybridized carbons (Fsp3) is 0.692. The number of rotatable bonds is 11. The molecule has 0 saturated carbocycles. The third-order valence-corrected chi connectivity index (χ3v) is 10.5. The van der Waals surface area contributed by atoms with E-state index in [4.69, 9.17) is 10.3 Å². The second-order valence-electron chi connectivity index (χ2n) is 7.08. The van der Waals surface area contributed by atoms with Crippen molar-refractivity contribution in [2.45, 2.75) is 44.0 Å². The van der Waals surface area contributed by atoms with Gasteiger partial charge in [0.05, 0.1) is 18.8 Å². The Morgan fingerprint density at radius 2 is 2.00 bits per heavy atom. The first-order chi connectivity index (χ1) is 16.0. The van der Waals surface area contributed by atoms with Crippen LogP contribution in [0.25, 0.3) is 10.4 Å². The molecule has 35 heavy (non-hydrogen) atoms. The molecular formula is C13H21F2N6O11P3. The first kappa shape index (κ1) is 29.5. The second kappa shape index (κ2) is 10.7. The minimum Gasteiger partial charge on any atom is -0.352 e. The molecule has 5 N–H and O–H groups in total. The molecule has 4 unspecified atom stereocenters. The number of phosphoric ester groups is 1. The summed E-state index contributed by atoms with van der Waals surface area (Å²) in [6.07, 6.45) is -1.59. The van der Waals surface area contributed by atoms with Gasteiger partial charge in [-0.25, -0.2) is 18.8 Å². The summed E-state index contributed by atoms with van der Waals surface area (Å²) < 4.78 is 78.3. The van der Waals surface area contributed by atoms with Crippen LogP contribution in [-0.4, -0.2) is 54.9 Å². The molecule has 1 fully saturated rings. The highest BCUT2D eigenvalue weighted by atomic mass is 31.3. The highest BCUT2D eigenvalue weighted by Gasteiger charge is 2.66. The van der Waals surface area contributed by atoms with Crippen molar-refractivity contribution in [2.24, 2.45) is 5.11 Å². The quantitative estimate of drug-likeness (QED) is 0.110. The molecule has 0 amide bonds. The summed E-state index contributed by atoms with van der Waals surface area (Å²) in [4.78, 5) is 56.6. The molecule has 2 heterocycles. The van der Waals surface area contributed by atoms with Crippen LogP contribution in [0.15, 0.2) is 20.9 Å². The first-order valence-electron chi connectivity index (χ1n) is 9.47. The molecule has 0 aromatic carbocycles. The predicted octanol–water partition coefficient (Wildman–Crippen LogP) is 1.48. The molecule has 0 bridgehead atoms. The smallest absolute Gasteiger partial charge is 0.352 e. The van der Waals surface area contributed by atoms with Gasteiger partial charge in [0.25, 0.3) is 5.56 Å². The highest BCUT2D eigenvalue weighted by Crippen LogP contribution is 2.77. The number of azide groups is 1. The van der Waals surface area contributed by atoms with E-state index >= 15 is 0 Å². The zero-order chi connectivity index (χ0) is 26.8. The third-order valence-electron chi connectivity index (χ3n) is 4.55. The Morgan fingerprint density at radius 1 is 1.37 bits per heavy atom. The van der Waals surface area contributed by atoms with E-state index < -0.39 is 71.1 Å². The number of nitrogens with one attached hydrogen (secondary N) is 2. The van der Waals surface area contributed by atoms with Crippen LogP contribution in [0.1, 0.15) is 25.1 Å². The topological polar surface area (TPSA) is 255 Å². The number of aromatic nitrogens is 2. The average Bonchev–Trinajstić information content (AvgIpc) is 3.11. The van der Waals surface area contributed by atoms with E-state index in [1.807, 2.05) is 4.98 Å². The van der Waals surface area contributed by atoms with Gasteiger partial charge in [0.1, 0.15) is 6.23 Å². The third kappa shape index (κ3) is 6.53. The normalized spacial score (nSPS) is 25.7. The van der Waals surface area contributed by atoms with E-state index in [0.717, 1.165) is 17.7 Å². The number of phosphoric acid groups is 1. The lowest BCUT2D eigenvalue weighted by Gasteiger charge is -2.27. The Bertz CT molecular complexity index is 1260. The van der Waals surface area contributed by atoms with Crippen molar-refractivity contribution in [3.05, 3.63) is 43.0 Å². The molecule has 0 radical (unpaired) electrons. The molecule has 6 atom stereocenters. The fourth-order valence-corrected chi connectivity index (χ4v) is 7.45. The van der Waals surface area contributed by atoms with Crippen molar-refractivity contribution in [3.63, 3.8) is 0 Å². The lowest BCUT2D eigenvalue weighted by molar-refractivity contribution is -0.0268. The summed E-state index contributed by atoms with van der Waals surface area (Å²) in [6.45, 7) is 0.981. The molecule has 0 spiro atoms. The van der Waals surface area contributed by atoms with E-state index in [2.05, 4.69) is 18.9 Å². The SMILES string of the molecule is CCNP(=O)(O)C(F)(F)P(=O)(O)OP(=O)(O)OC[C@@H]1O[C@H](n2cc(C)c(=O)[nH]c2=O)CC1N=[N+]=[N-]. The van der Waals surface area contributed by atoms with Gasteiger partial charge in [-0.2, -0.15) is 8.78 Å². The number of aryl methyl sites for hydroxylation is 1. The van der Waals surface area contributed by atoms with E-state index in [1.54, 1.807) is 0 Å². The van der Waals surface area contributed by atoms with Crippen molar-refractivity contribution in [1.29, 1.82) is 0 Å². The molecule has 1 saturated heterocycles. The molecule has 1 aliphatic rings. The van der Waals surface area contributed by atoms with E-state index in [0.29, 0.717) is 0 Å². The monoisotopic (exact) mass is 568 g/mol. The number of alkyl halides is 2. The maximum Gasteiger partial charge on any atom is 0.479 e. The summed E-state index contributed by atoms with van der Waals surface area (Å²) in [5.41, 5.74) is 7.31. The van der Waals surface area contributed by atoms with Gasteiger partial charge < -0.3 is 19.4 Å². The van der Waals surface area contributed by atoms with E-state index in [1.165, 1.54) is 12.0 Å². The number of nitrogens with zero attached hydrogens (tertiary/aromatic N) is 4. The van der Waals surface area contributed by atoms with Crippen molar-refractivity contribution >= 4 is 22.9 Å². The minimum atomic E-state index is -6.58. The van der Waals surface area contributed by atoms with Crippen molar-refractivity contribution < 1.29 is 50.7 Å². The van der Waals surface area contributed by atoms with Crippen LogP contribution < -0.4 is 16.3 Å². The maximum atomic E-state index is 14.1. The molecule has 2 rings (SSSR count). The summed E-state index contributed by atoms with van der Waals surface area (Å²) in [7, 11) is -18.2. The largest absolute Gasteiger partial charge is 0.479 e. The Labute approximate surface area is 194 Å². The van der Waals surface area contributed by atoms with Crippen LogP contribution in [0, 0.1) is 6.92 Å². The Kier molecular flexibility index (Phi) is 9.02. The van der Waals surface area contributed by atoms with Crippen molar-refractivity contribution in [1.82, 2.24) is 14.6 Å². The van der Waals surface area contributed by atoms with Gasteiger partial charge in [-0.1, -0.05) is 12.0 Å². The Hall–Kier alpha value is -1.74. The van der Waals surface area contributed by atoms with Gasteiger partial charge in [0.15, 0.2) is 0 Å². The van der Waals surface area contributed by atoms with Crippen LogP contribution >= 0.6 is 22.9 Å². The van der Waals surface area contributed by atoms with Gasteiger partial charge >= 0.3 is 34.0 Å². The molecule has 1 aromatic heterocycles. The molecule has 1 aromatic rings. The van der Waals surface area contributed by atoms with Crippen LogP contribution in [-0.2, 0) is 27.3 Å². The Morgan fingerprint density at radius 3 is 2.57 bits per heavy atom. The summed E-state index contributed by atoms with van der Waals surface area (Å²) in [5.74, 6) is 0. The lowest BCUT2D eigenvalue weighted by atomic mass is 10.1. The molecule has 22 heteroatoms. The average molecular weight is 568 g/mol. The van der Waals surface area contributed by atoms with E-state index in [-0.39, 0.29) is 12.0 Å². The summed E-state index contributed by atoms with van der Waals surface area (Å²) in [6, 6.07) is -1.14. The number of ether oxygens (including phenoxy) is 1. The summed E-state index contributed by atoms with van der Waals surface area (Å²) >= 11 is 0. The molecule has 17 nitrogen and oxygen atoms in total. The van der Waals surface area contributed by atoms with Crippen molar-refractivity contribution in [3.8, 4) is 0 Å².